The van der Waals surface area contributed by atoms with Crippen molar-refractivity contribution in [2.45, 2.75) is 12.6 Å². The molecule has 0 bridgehead atoms. The SMILES string of the molecule is O=C(Cn1cc([N+](=O)[O-])cn1)NC(CO)C(=O)O. The van der Waals surface area contributed by atoms with Crippen LogP contribution in [0, 0.1) is 10.1 Å². The quantitative estimate of drug-likeness (QED) is 0.409. The molecular weight excluding hydrogens is 248 g/mol. The fraction of sp³-hybridized carbons (Fsp3) is 0.375. The molecule has 0 aliphatic rings. The summed E-state index contributed by atoms with van der Waals surface area (Å²) in [6.07, 6.45) is 2.00. The Hall–Kier alpha value is -2.49. The largest absolute Gasteiger partial charge is 0.480 e. The van der Waals surface area contributed by atoms with Gasteiger partial charge in [0.05, 0.1) is 11.5 Å². The summed E-state index contributed by atoms with van der Waals surface area (Å²) in [5.41, 5.74) is -0.278. The Morgan fingerprint density at radius 2 is 2.28 bits per heavy atom. The van der Waals surface area contributed by atoms with Crippen molar-refractivity contribution >= 4 is 17.6 Å². The standard InChI is InChI=1S/C8H10N4O6/c13-4-6(8(15)16)10-7(14)3-11-2-5(1-9-11)12(17)18/h1-2,6,13H,3-4H2,(H,10,14)(H,15,16). The van der Waals surface area contributed by atoms with Crippen LogP contribution in [0.1, 0.15) is 0 Å². The topological polar surface area (TPSA) is 148 Å². The van der Waals surface area contributed by atoms with E-state index in [1.165, 1.54) is 0 Å². The molecule has 10 nitrogen and oxygen atoms in total. The minimum Gasteiger partial charge on any atom is -0.480 e. The fourth-order valence-corrected chi connectivity index (χ4v) is 1.11. The monoisotopic (exact) mass is 258 g/mol. The van der Waals surface area contributed by atoms with Crippen LogP contribution in [0.25, 0.3) is 0 Å². The summed E-state index contributed by atoms with van der Waals surface area (Å²) in [6, 6.07) is -1.41. The highest BCUT2D eigenvalue weighted by atomic mass is 16.6. The highest BCUT2D eigenvalue weighted by Gasteiger charge is 2.19. The lowest BCUT2D eigenvalue weighted by Gasteiger charge is -2.11. The first-order valence-electron chi connectivity index (χ1n) is 4.74. The molecule has 0 fully saturated rings. The molecule has 1 rings (SSSR count). The summed E-state index contributed by atoms with van der Waals surface area (Å²) in [5, 5.41) is 33.2. The molecule has 0 aromatic carbocycles. The van der Waals surface area contributed by atoms with Crippen molar-refractivity contribution in [1.29, 1.82) is 0 Å². The number of aromatic nitrogens is 2. The molecule has 1 unspecified atom stereocenters. The zero-order chi connectivity index (χ0) is 13.7. The first-order chi connectivity index (χ1) is 8.43. The number of nitro groups is 1. The molecule has 0 aliphatic heterocycles. The van der Waals surface area contributed by atoms with Gasteiger partial charge in [0.2, 0.25) is 5.91 Å². The van der Waals surface area contributed by atoms with Gasteiger partial charge < -0.3 is 15.5 Å². The number of aliphatic carboxylic acids is 1. The number of carboxylic acids is 1. The van der Waals surface area contributed by atoms with E-state index in [0.29, 0.717) is 0 Å². The molecule has 0 aliphatic carbocycles. The number of aliphatic hydroxyl groups excluding tert-OH is 1. The maximum atomic E-state index is 11.3. The van der Waals surface area contributed by atoms with Crippen molar-refractivity contribution in [2.24, 2.45) is 0 Å². The van der Waals surface area contributed by atoms with Crippen molar-refractivity contribution < 1.29 is 24.7 Å². The van der Waals surface area contributed by atoms with E-state index < -0.39 is 29.4 Å². The maximum absolute atomic E-state index is 11.3. The zero-order valence-electron chi connectivity index (χ0n) is 9.02. The van der Waals surface area contributed by atoms with Crippen LogP contribution < -0.4 is 5.32 Å². The average molecular weight is 258 g/mol. The summed E-state index contributed by atoms with van der Waals surface area (Å²) in [5.74, 6) is -2.10. The molecule has 18 heavy (non-hydrogen) atoms. The molecule has 3 N–H and O–H groups in total. The molecule has 0 saturated carbocycles. The van der Waals surface area contributed by atoms with E-state index in [4.69, 9.17) is 10.2 Å². The number of amides is 1. The number of hydrogen-bond donors (Lipinski definition) is 3. The van der Waals surface area contributed by atoms with Gasteiger partial charge in [-0.1, -0.05) is 0 Å². The predicted octanol–water partition coefficient (Wildman–Crippen LogP) is -1.65. The second kappa shape index (κ2) is 5.72. The third-order valence-electron chi connectivity index (χ3n) is 1.95. The maximum Gasteiger partial charge on any atom is 0.328 e. The highest BCUT2D eigenvalue weighted by molar-refractivity contribution is 5.83. The van der Waals surface area contributed by atoms with Gasteiger partial charge in [-0.3, -0.25) is 19.6 Å². The normalized spacial score (nSPS) is 11.8. The van der Waals surface area contributed by atoms with Crippen molar-refractivity contribution in [1.82, 2.24) is 15.1 Å². The van der Waals surface area contributed by atoms with Gasteiger partial charge in [-0.05, 0) is 0 Å². The van der Waals surface area contributed by atoms with Crippen molar-refractivity contribution in [3.8, 4) is 0 Å². The van der Waals surface area contributed by atoms with Crippen LogP contribution in [0.5, 0.6) is 0 Å². The second-order valence-electron chi connectivity index (χ2n) is 3.29. The molecule has 1 heterocycles. The van der Waals surface area contributed by atoms with Crippen LogP contribution in [0.3, 0.4) is 0 Å². The van der Waals surface area contributed by atoms with Gasteiger partial charge in [0.25, 0.3) is 0 Å². The molecule has 0 radical (unpaired) electrons. The van der Waals surface area contributed by atoms with E-state index in [1.807, 2.05) is 5.32 Å². The second-order valence-corrected chi connectivity index (χ2v) is 3.29. The Bertz CT molecular complexity index is 470. The molecule has 10 heteroatoms. The summed E-state index contributed by atoms with van der Waals surface area (Å²) in [7, 11) is 0. The van der Waals surface area contributed by atoms with Crippen molar-refractivity contribution in [3.05, 3.63) is 22.5 Å². The van der Waals surface area contributed by atoms with Crippen LogP contribution in [0.4, 0.5) is 5.69 Å². The van der Waals surface area contributed by atoms with E-state index in [2.05, 4.69) is 5.10 Å². The van der Waals surface area contributed by atoms with Gasteiger partial charge in [0.1, 0.15) is 25.0 Å². The van der Waals surface area contributed by atoms with Gasteiger partial charge in [0, 0.05) is 0 Å². The molecule has 0 saturated heterocycles. The molecule has 1 aromatic rings. The third kappa shape index (κ3) is 3.52. The van der Waals surface area contributed by atoms with Crippen LogP contribution in [0.2, 0.25) is 0 Å². The van der Waals surface area contributed by atoms with E-state index in [-0.39, 0.29) is 12.2 Å². The van der Waals surface area contributed by atoms with Crippen LogP contribution in [-0.2, 0) is 16.1 Å². The summed E-state index contributed by atoms with van der Waals surface area (Å²) >= 11 is 0. The first kappa shape index (κ1) is 13.6. The number of rotatable bonds is 6. The number of aliphatic hydroxyl groups is 1. The van der Waals surface area contributed by atoms with Gasteiger partial charge in [-0.2, -0.15) is 5.10 Å². The summed E-state index contributed by atoms with van der Waals surface area (Å²) < 4.78 is 0.990. The smallest absolute Gasteiger partial charge is 0.328 e. The Morgan fingerprint density at radius 1 is 1.61 bits per heavy atom. The van der Waals surface area contributed by atoms with Gasteiger partial charge in [-0.15, -0.1) is 0 Å². The number of hydrogen-bond acceptors (Lipinski definition) is 6. The minimum absolute atomic E-state index is 0.278. The van der Waals surface area contributed by atoms with Crippen LogP contribution >= 0.6 is 0 Å². The van der Waals surface area contributed by atoms with E-state index in [1.54, 1.807) is 0 Å². The van der Waals surface area contributed by atoms with E-state index >= 15 is 0 Å². The lowest BCUT2D eigenvalue weighted by atomic mass is 10.3. The predicted molar refractivity (Wildman–Crippen MR) is 55.5 cm³/mol. The van der Waals surface area contributed by atoms with E-state index in [9.17, 15) is 19.7 Å². The van der Waals surface area contributed by atoms with Gasteiger partial charge in [0.15, 0.2) is 0 Å². The Balaban J connectivity index is 2.58. The Kier molecular flexibility index (Phi) is 4.32. The lowest BCUT2D eigenvalue weighted by Crippen LogP contribution is -2.44. The zero-order valence-corrected chi connectivity index (χ0v) is 9.02. The molecule has 98 valence electrons. The van der Waals surface area contributed by atoms with Gasteiger partial charge >= 0.3 is 11.7 Å². The molecule has 0 spiro atoms. The van der Waals surface area contributed by atoms with E-state index in [0.717, 1.165) is 17.1 Å². The molecule has 1 atom stereocenters. The summed E-state index contributed by atoms with van der Waals surface area (Å²) in [6.45, 7) is -1.13. The average Bonchev–Trinajstić information content (AvgIpc) is 2.74. The summed E-state index contributed by atoms with van der Waals surface area (Å²) in [4.78, 5) is 31.6. The van der Waals surface area contributed by atoms with Crippen LogP contribution in [-0.4, -0.2) is 49.4 Å². The lowest BCUT2D eigenvalue weighted by molar-refractivity contribution is -0.385. The Labute approximate surface area is 100.0 Å². The number of nitrogens with zero attached hydrogens (tertiary/aromatic N) is 3. The number of carbonyl (C=O) groups excluding carboxylic acids is 1. The minimum atomic E-state index is -1.41. The molecule has 1 aromatic heterocycles. The van der Waals surface area contributed by atoms with Crippen molar-refractivity contribution in [2.75, 3.05) is 6.61 Å². The number of carbonyl (C=O) groups is 2. The molecule has 1 amide bonds. The first-order valence-corrected chi connectivity index (χ1v) is 4.74. The van der Waals surface area contributed by atoms with Gasteiger partial charge in [-0.25, -0.2) is 4.79 Å². The number of nitrogens with one attached hydrogen (secondary N) is 1. The van der Waals surface area contributed by atoms with Crippen LogP contribution in [0.15, 0.2) is 12.4 Å². The van der Waals surface area contributed by atoms with Crippen molar-refractivity contribution in [3.63, 3.8) is 0 Å². The number of carboxylic acid groups (broad SMARTS) is 1. The third-order valence-corrected chi connectivity index (χ3v) is 1.95. The fourth-order valence-electron chi connectivity index (χ4n) is 1.11. The molecular formula is C8H10N4O6. The Morgan fingerprint density at radius 3 is 2.72 bits per heavy atom. The highest BCUT2D eigenvalue weighted by Crippen LogP contribution is 2.07.